The molecule has 2 rings (SSSR count). The fraction of sp³-hybridized carbons (Fsp3) is 0.308. The highest BCUT2D eigenvalue weighted by atomic mass is 19.1. The maximum atomic E-state index is 13.2. The molecule has 0 unspecified atom stereocenters. The molecule has 0 bridgehead atoms. The van der Waals surface area contributed by atoms with Crippen molar-refractivity contribution in [1.29, 1.82) is 0 Å². The van der Waals surface area contributed by atoms with Crippen molar-refractivity contribution in [2.45, 2.75) is 13.3 Å². The summed E-state index contributed by atoms with van der Waals surface area (Å²) >= 11 is 0. The van der Waals surface area contributed by atoms with E-state index in [-0.39, 0.29) is 17.6 Å². The van der Waals surface area contributed by atoms with Crippen LogP contribution in [0.2, 0.25) is 0 Å². The zero-order valence-electron chi connectivity index (χ0n) is 9.88. The van der Waals surface area contributed by atoms with Crippen LogP contribution in [0.1, 0.15) is 12.5 Å². The molecule has 3 nitrogen and oxygen atoms in total. The fourth-order valence-electron chi connectivity index (χ4n) is 1.99. The monoisotopic (exact) mass is 234 g/mol. The predicted molar refractivity (Wildman–Crippen MR) is 65.2 cm³/mol. The quantitative estimate of drug-likeness (QED) is 0.840. The second-order valence-electron chi connectivity index (χ2n) is 4.22. The molecule has 0 saturated carbocycles. The van der Waals surface area contributed by atoms with Crippen molar-refractivity contribution in [3.63, 3.8) is 0 Å². The van der Waals surface area contributed by atoms with E-state index in [1.807, 2.05) is 13.1 Å². The Morgan fingerprint density at radius 3 is 3.00 bits per heavy atom. The number of aromatic nitrogens is 1. The van der Waals surface area contributed by atoms with Gasteiger partial charge in [-0.2, -0.15) is 0 Å². The first kappa shape index (κ1) is 11.6. The summed E-state index contributed by atoms with van der Waals surface area (Å²) in [5.74, 6) is -0.385. The second-order valence-corrected chi connectivity index (χ2v) is 4.22. The van der Waals surface area contributed by atoms with E-state index in [0.717, 1.165) is 16.5 Å². The Bertz CT molecular complexity index is 547. The highest BCUT2D eigenvalue weighted by Crippen LogP contribution is 2.22. The van der Waals surface area contributed by atoms with Crippen molar-refractivity contribution < 1.29 is 9.18 Å². The summed E-state index contributed by atoms with van der Waals surface area (Å²) in [6.07, 6.45) is 2.44. The third-order valence-corrected chi connectivity index (χ3v) is 2.95. The van der Waals surface area contributed by atoms with Crippen molar-refractivity contribution >= 4 is 16.8 Å². The highest BCUT2D eigenvalue weighted by Gasteiger charge is 2.14. The molecule has 2 N–H and O–H groups in total. The topological polar surface area (TPSA) is 44.9 Å². The molecule has 0 aliphatic rings. The molecule has 1 aromatic heterocycles. The van der Waals surface area contributed by atoms with Gasteiger partial charge in [-0.3, -0.25) is 4.79 Å². The number of hydrogen-bond acceptors (Lipinski definition) is 1. The van der Waals surface area contributed by atoms with Gasteiger partial charge in [-0.25, -0.2) is 4.39 Å². The van der Waals surface area contributed by atoms with Crippen LogP contribution in [0.3, 0.4) is 0 Å². The number of amides is 1. The van der Waals surface area contributed by atoms with Gasteiger partial charge >= 0.3 is 0 Å². The molecule has 1 heterocycles. The molecule has 0 saturated heterocycles. The third-order valence-electron chi connectivity index (χ3n) is 2.95. The van der Waals surface area contributed by atoms with Crippen LogP contribution in [0.5, 0.6) is 0 Å². The van der Waals surface area contributed by atoms with Crippen LogP contribution >= 0.6 is 0 Å². The minimum atomic E-state index is -0.258. The Hall–Kier alpha value is -1.84. The average molecular weight is 234 g/mol. The summed E-state index contributed by atoms with van der Waals surface area (Å²) < 4.78 is 13.2. The molecule has 4 heteroatoms. The molecule has 1 amide bonds. The molecule has 0 aliphatic heterocycles. The lowest BCUT2D eigenvalue weighted by atomic mass is 10.00. The van der Waals surface area contributed by atoms with E-state index in [4.69, 9.17) is 0 Å². The van der Waals surface area contributed by atoms with Crippen LogP contribution in [-0.4, -0.2) is 17.9 Å². The smallest absolute Gasteiger partial charge is 0.222 e. The molecule has 0 fully saturated rings. The molecule has 90 valence electrons. The van der Waals surface area contributed by atoms with E-state index in [2.05, 4.69) is 10.3 Å². The molecular formula is C13H15FN2O. The van der Waals surface area contributed by atoms with Crippen molar-refractivity contribution in [3.05, 3.63) is 35.8 Å². The molecule has 0 radical (unpaired) electrons. The van der Waals surface area contributed by atoms with Gasteiger partial charge in [-0.05, 0) is 30.2 Å². The summed E-state index contributed by atoms with van der Waals surface area (Å²) in [6, 6.07) is 4.63. The van der Waals surface area contributed by atoms with Gasteiger partial charge in [-0.1, -0.05) is 6.92 Å². The standard InChI is InChI=1S/C13H15FN2O/c1-8(13(17)15-2)5-9-7-16-12-4-3-10(14)6-11(9)12/h3-4,6-8,16H,5H2,1-2H3,(H,15,17)/t8-/m0/s1. The summed E-state index contributed by atoms with van der Waals surface area (Å²) in [6.45, 7) is 1.86. The van der Waals surface area contributed by atoms with Crippen LogP contribution < -0.4 is 5.32 Å². The molecule has 17 heavy (non-hydrogen) atoms. The molecule has 1 aromatic carbocycles. The normalized spacial score (nSPS) is 12.6. The second kappa shape index (κ2) is 4.57. The first-order chi connectivity index (χ1) is 8.11. The van der Waals surface area contributed by atoms with Crippen LogP contribution in [0.4, 0.5) is 4.39 Å². The number of rotatable bonds is 3. The maximum Gasteiger partial charge on any atom is 0.222 e. The van der Waals surface area contributed by atoms with Gasteiger partial charge in [0.15, 0.2) is 0 Å². The largest absolute Gasteiger partial charge is 0.361 e. The summed E-state index contributed by atoms with van der Waals surface area (Å²) in [7, 11) is 1.62. The number of carbonyl (C=O) groups excluding carboxylic acids is 1. The fourth-order valence-corrected chi connectivity index (χ4v) is 1.99. The van der Waals surface area contributed by atoms with Gasteiger partial charge in [0, 0.05) is 30.1 Å². The molecule has 2 aromatic rings. The number of fused-ring (bicyclic) bond motifs is 1. The van der Waals surface area contributed by atoms with Crippen molar-refractivity contribution in [2.75, 3.05) is 7.05 Å². The minimum Gasteiger partial charge on any atom is -0.361 e. The molecular weight excluding hydrogens is 219 g/mol. The van der Waals surface area contributed by atoms with Gasteiger partial charge < -0.3 is 10.3 Å². The number of carbonyl (C=O) groups is 1. The van der Waals surface area contributed by atoms with Gasteiger partial charge in [0.1, 0.15) is 5.82 Å². The lowest BCUT2D eigenvalue weighted by Gasteiger charge is -2.08. The van der Waals surface area contributed by atoms with E-state index >= 15 is 0 Å². The lowest BCUT2D eigenvalue weighted by molar-refractivity contribution is -0.123. The Balaban J connectivity index is 2.30. The van der Waals surface area contributed by atoms with Gasteiger partial charge in [0.05, 0.1) is 0 Å². The van der Waals surface area contributed by atoms with Crippen molar-refractivity contribution in [1.82, 2.24) is 10.3 Å². The van der Waals surface area contributed by atoms with Crippen molar-refractivity contribution in [2.24, 2.45) is 5.92 Å². The van der Waals surface area contributed by atoms with Gasteiger partial charge in [0.2, 0.25) is 5.91 Å². The Labute approximate surface area is 99.0 Å². The van der Waals surface area contributed by atoms with Gasteiger partial charge in [-0.15, -0.1) is 0 Å². The maximum absolute atomic E-state index is 13.2. The number of aromatic amines is 1. The van der Waals surface area contributed by atoms with E-state index < -0.39 is 0 Å². The Morgan fingerprint density at radius 1 is 1.53 bits per heavy atom. The van der Waals surface area contributed by atoms with E-state index in [1.165, 1.54) is 12.1 Å². The molecule has 0 spiro atoms. The summed E-state index contributed by atoms with van der Waals surface area (Å²) in [5, 5.41) is 3.46. The predicted octanol–water partition coefficient (Wildman–Crippen LogP) is 2.23. The van der Waals surface area contributed by atoms with Crippen molar-refractivity contribution in [3.8, 4) is 0 Å². The van der Waals surface area contributed by atoms with Gasteiger partial charge in [0.25, 0.3) is 0 Å². The highest BCUT2D eigenvalue weighted by molar-refractivity contribution is 5.84. The zero-order valence-corrected chi connectivity index (χ0v) is 9.88. The number of H-pyrrole nitrogens is 1. The van der Waals surface area contributed by atoms with E-state index in [0.29, 0.717) is 6.42 Å². The Kier molecular flexibility index (Phi) is 3.13. The van der Waals surface area contributed by atoms with E-state index in [9.17, 15) is 9.18 Å². The minimum absolute atomic E-state index is 0.00393. The number of benzene rings is 1. The lowest BCUT2D eigenvalue weighted by Crippen LogP contribution is -2.26. The zero-order chi connectivity index (χ0) is 12.4. The first-order valence-corrected chi connectivity index (χ1v) is 5.59. The number of halogens is 1. The third kappa shape index (κ3) is 2.30. The van der Waals surface area contributed by atoms with Crippen LogP contribution in [0.25, 0.3) is 10.9 Å². The number of hydrogen-bond donors (Lipinski definition) is 2. The molecule has 1 atom stereocenters. The number of nitrogens with one attached hydrogen (secondary N) is 2. The average Bonchev–Trinajstić information content (AvgIpc) is 2.71. The summed E-state index contributed by atoms with van der Waals surface area (Å²) in [4.78, 5) is 14.5. The van der Waals surface area contributed by atoms with Crippen LogP contribution in [-0.2, 0) is 11.2 Å². The van der Waals surface area contributed by atoms with E-state index in [1.54, 1.807) is 13.1 Å². The Morgan fingerprint density at radius 2 is 2.29 bits per heavy atom. The summed E-state index contributed by atoms with van der Waals surface area (Å²) in [5.41, 5.74) is 1.86. The SMILES string of the molecule is CNC(=O)[C@@H](C)Cc1c[nH]c2ccc(F)cc12. The first-order valence-electron chi connectivity index (χ1n) is 5.59. The van der Waals surface area contributed by atoms with Crippen LogP contribution in [0, 0.1) is 11.7 Å². The van der Waals surface area contributed by atoms with Crippen LogP contribution in [0.15, 0.2) is 24.4 Å². The molecule has 0 aliphatic carbocycles.